The summed E-state index contributed by atoms with van der Waals surface area (Å²) in [5.74, 6) is -2.00. The molecule has 0 spiro atoms. The maximum atomic E-state index is 11.9. The molecule has 0 amide bonds. The molecular formula is C21H24N6O4S. The second-order valence-corrected chi connectivity index (χ2v) is 7.78. The van der Waals surface area contributed by atoms with Crippen molar-refractivity contribution >= 4 is 53.5 Å². The Balaban J connectivity index is 2.30. The number of nitrogens with one attached hydrogen (secondary N) is 1. The summed E-state index contributed by atoms with van der Waals surface area (Å²) in [5.41, 5.74) is 8.38. The lowest BCUT2D eigenvalue weighted by molar-refractivity contribution is -0.144. The fourth-order valence-corrected chi connectivity index (χ4v) is 3.82. The van der Waals surface area contributed by atoms with E-state index in [1.807, 2.05) is 6.07 Å². The Morgan fingerprint density at radius 2 is 2.19 bits per heavy atom. The molecule has 1 unspecified atom stereocenters. The van der Waals surface area contributed by atoms with Gasteiger partial charge in [-0.25, -0.2) is 0 Å². The van der Waals surface area contributed by atoms with E-state index in [-0.39, 0.29) is 10.7 Å². The van der Waals surface area contributed by atoms with Gasteiger partial charge in [0.1, 0.15) is 17.0 Å². The van der Waals surface area contributed by atoms with Crippen LogP contribution in [0.25, 0.3) is 0 Å². The first-order valence-corrected chi connectivity index (χ1v) is 10.1. The van der Waals surface area contributed by atoms with Gasteiger partial charge in [-0.05, 0) is 11.6 Å². The number of methoxy groups -OCH3 is 1. The zero-order valence-corrected chi connectivity index (χ0v) is 18.8. The number of thioether (sulfide) groups is 1. The fraction of sp³-hybridized carbons (Fsp3) is 0.238. The van der Waals surface area contributed by atoms with E-state index in [4.69, 9.17) is 11.1 Å². The van der Waals surface area contributed by atoms with E-state index in [0.29, 0.717) is 40.8 Å². The number of allylic oxidation sites excluding steroid dienone is 2. The second-order valence-electron chi connectivity index (χ2n) is 6.67. The van der Waals surface area contributed by atoms with Crippen LogP contribution in [-0.2, 0) is 25.7 Å². The van der Waals surface area contributed by atoms with Crippen LogP contribution >= 0.6 is 11.8 Å². The number of nitrogen functional groups attached to an aromatic ring is 1. The molecule has 2 rings (SSSR count). The lowest BCUT2D eigenvalue weighted by atomic mass is 10.1. The first kappa shape index (κ1) is 24.5. The third kappa shape index (κ3) is 5.49. The van der Waals surface area contributed by atoms with Crippen molar-refractivity contribution in [3.63, 3.8) is 0 Å². The van der Waals surface area contributed by atoms with Crippen molar-refractivity contribution < 1.29 is 19.1 Å². The number of hydrogen-bond acceptors (Lipinski definition) is 11. The Bertz CT molecular complexity index is 1030. The number of esters is 1. The van der Waals surface area contributed by atoms with Gasteiger partial charge in [0.15, 0.2) is 12.2 Å². The van der Waals surface area contributed by atoms with E-state index in [1.54, 1.807) is 24.2 Å². The smallest absolute Gasteiger partial charge is 0.322 e. The van der Waals surface area contributed by atoms with Crippen molar-refractivity contribution in [3.8, 4) is 0 Å². The molecule has 0 radical (unpaired) electrons. The van der Waals surface area contributed by atoms with Gasteiger partial charge in [0.05, 0.1) is 19.9 Å². The topological polar surface area (TPSA) is 142 Å². The van der Waals surface area contributed by atoms with Crippen molar-refractivity contribution in [2.45, 2.75) is 6.54 Å². The van der Waals surface area contributed by atoms with Crippen LogP contribution in [-0.4, -0.2) is 67.2 Å². The molecule has 1 aromatic rings. The second kappa shape index (κ2) is 11.0. The van der Waals surface area contributed by atoms with E-state index < -0.39 is 11.9 Å². The van der Waals surface area contributed by atoms with Crippen molar-refractivity contribution in [2.24, 2.45) is 16.1 Å². The number of rotatable bonds is 9. The maximum Gasteiger partial charge on any atom is 0.322 e. The van der Waals surface area contributed by atoms with Crippen LogP contribution in [0.3, 0.4) is 0 Å². The Morgan fingerprint density at radius 3 is 2.78 bits per heavy atom. The lowest BCUT2D eigenvalue weighted by Crippen LogP contribution is -2.26. The zero-order valence-electron chi connectivity index (χ0n) is 17.9. The maximum absolute atomic E-state index is 11.9. The number of benzene rings is 1. The molecule has 1 heterocycles. The van der Waals surface area contributed by atoms with Crippen molar-refractivity contribution in [2.75, 3.05) is 26.9 Å². The minimum Gasteiger partial charge on any atom is -0.468 e. The van der Waals surface area contributed by atoms with Gasteiger partial charge >= 0.3 is 5.97 Å². The van der Waals surface area contributed by atoms with Crippen LogP contribution in [0.2, 0.25) is 0 Å². The number of ether oxygens (including phenoxy) is 1. The zero-order chi connectivity index (χ0) is 23.8. The van der Waals surface area contributed by atoms with E-state index in [1.165, 1.54) is 31.6 Å². The van der Waals surface area contributed by atoms with E-state index >= 15 is 0 Å². The van der Waals surface area contributed by atoms with Crippen LogP contribution < -0.4 is 5.73 Å². The molecule has 0 saturated carbocycles. The molecule has 1 aliphatic heterocycles. The van der Waals surface area contributed by atoms with Gasteiger partial charge in [-0.1, -0.05) is 30.5 Å². The summed E-state index contributed by atoms with van der Waals surface area (Å²) in [4.78, 5) is 35.5. The molecule has 32 heavy (non-hydrogen) atoms. The summed E-state index contributed by atoms with van der Waals surface area (Å²) < 4.78 is 4.66. The van der Waals surface area contributed by atoms with Crippen LogP contribution in [0.4, 0.5) is 5.69 Å². The first-order chi connectivity index (χ1) is 15.3. The van der Waals surface area contributed by atoms with Gasteiger partial charge in [0.2, 0.25) is 0 Å². The van der Waals surface area contributed by atoms with Crippen molar-refractivity contribution in [1.29, 1.82) is 5.41 Å². The number of nitrogens with two attached hydrogens (primary N) is 1. The molecule has 10 nitrogen and oxygen atoms in total. The Kier molecular flexibility index (Phi) is 8.47. The molecule has 11 heteroatoms. The molecule has 0 aromatic heterocycles. The molecule has 0 bridgehead atoms. The minimum absolute atomic E-state index is 0.130. The molecule has 3 N–H and O–H groups in total. The number of likely N-dealkylation sites (N-methyl/N-ethyl adjacent to an activating group) is 1. The van der Waals surface area contributed by atoms with Crippen LogP contribution in [0.1, 0.15) is 11.1 Å². The summed E-state index contributed by atoms with van der Waals surface area (Å²) in [7, 11) is 4.42. The lowest BCUT2D eigenvalue weighted by Gasteiger charge is -2.17. The summed E-state index contributed by atoms with van der Waals surface area (Å²) in [6.07, 6.45) is 3.67. The van der Waals surface area contributed by atoms with Crippen LogP contribution in [0.15, 0.2) is 51.2 Å². The number of carbonyl (C=O) groups is 3. The van der Waals surface area contributed by atoms with Crippen molar-refractivity contribution in [1.82, 2.24) is 10.0 Å². The summed E-state index contributed by atoms with van der Waals surface area (Å²) in [6, 6.07) is 5.36. The fourth-order valence-electron chi connectivity index (χ4n) is 2.86. The molecular weight excluding hydrogens is 432 g/mol. The number of anilines is 1. The predicted molar refractivity (Wildman–Crippen MR) is 125 cm³/mol. The molecule has 0 aliphatic carbocycles. The molecule has 1 atom stereocenters. The average molecular weight is 457 g/mol. The minimum atomic E-state index is -1.24. The average Bonchev–Trinajstić information content (AvgIpc) is 2.87. The highest BCUT2D eigenvalue weighted by Crippen LogP contribution is 2.32. The summed E-state index contributed by atoms with van der Waals surface area (Å²) >= 11 is 0.987. The first-order valence-electron chi connectivity index (χ1n) is 9.32. The number of hydrogen-bond donors (Lipinski definition) is 2. The van der Waals surface area contributed by atoms with Gasteiger partial charge in [0.25, 0.3) is 0 Å². The molecule has 0 saturated heterocycles. The van der Waals surface area contributed by atoms with E-state index in [0.717, 1.165) is 17.3 Å². The highest BCUT2D eigenvalue weighted by atomic mass is 32.2. The Morgan fingerprint density at radius 1 is 1.47 bits per heavy atom. The van der Waals surface area contributed by atoms with Gasteiger partial charge < -0.3 is 20.7 Å². The van der Waals surface area contributed by atoms with Crippen LogP contribution in [0.5, 0.6) is 0 Å². The Labute approximate surface area is 190 Å². The highest BCUT2D eigenvalue weighted by molar-refractivity contribution is 8.17. The van der Waals surface area contributed by atoms with E-state index in [2.05, 4.69) is 21.5 Å². The largest absolute Gasteiger partial charge is 0.468 e. The predicted octanol–water partition coefficient (Wildman–Crippen LogP) is 1.63. The van der Waals surface area contributed by atoms with Gasteiger partial charge in [0, 0.05) is 42.0 Å². The molecule has 1 aromatic carbocycles. The van der Waals surface area contributed by atoms with Crippen molar-refractivity contribution in [3.05, 3.63) is 52.1 Å². The molecule has 168 valence electrons. The van der Waals surface area contributed by atoms with E-state index in [9.17, 15) is 14.4 Å². The SMILES string of the molecule is C=C1SC(C(C=O)C(=O)OC)=NN(C)C(C=O)=C1/C=N\N(C)Cc1cccc(N)c1C=N. The number of hydrazone groups is 2. The number of nitrogens with zero attached hydrogens (tertiary/aromatic N) is 4. The summed E-state index contributed by atoms with van der Waals surface area (Å²) in [6.45, 7) is 4.32. The highest BCUT2D eigenvalue weighted by Gasteiger charge is 2.30. The van der Waals surface area contributed by atoms with Gasteiger partial charge in [-0.15, -0.1) is 0 Å². The third-order valence-electron chi connectivity index (χ3n) is 4.53. The monoisotopic (exact) mass is 456 g/mol. The normalized spacial score (nSPS) is 15.2. The molecule has 0 fully saturated rings. The molecule has 1 aliphatic rings. The Hall–Kier alpha value is -3.73. The number of aldehydes is 2. The van der Waals surface area contributed by atoms with Crippen LogP contribution in [0, 0.1) is 11.3 Å². The standard InChI is InChI=1S/C21H24N6O4S/c1-13-16(9-24-26(2)10-14-6-5-7-18(23)15(14)8-22)19(12-29)27(3)25-20(32-13)17(11-28)21(30)31-4/h5-9,11-12,17,22H,1,10,23H2,2-4H3/b22-8?,24-9-. The summed E-state index contributed by atoms with van der Waals surface area (Å²) in [5, 5.41) is 19.2. The van der Waals surface area contributed by atoms with Gasteiger partial charge in [-0.3, -0.25) is 19.6 Å². The third-order valence-corrected chi connectivity index (χ3v) is 5.54. The quantitative estimate of drug-likeness (QED) is 0.143. The van der Waals surface area contributed by atoms with Gasteiger partial charge in [-0.2, -0.15) is 10.2 Å². The number of carbonyl (C=O) groups excluding carboxylic acids is 3.